The Labute approximate surface area is 424 Å². The van der Waals surface area contributed by atoms with E-state index in [1.54, 1.807) is 0 Å². The van der Waals surface area contributed by atoms with E-state index in [1.165, 1.54) is 38.5 Å². The normalized spacial score (nSPS) is 13.1. The average Bonchev–Trinajstić information content (AvgIpc) is 3.35. The van der Waals surface area contributed by atoms with Crippen LogP contribution in [-0.2, 0) is 28.6 Å². The molecule has 0 aliphatic heterocycles. The Morgan fingerprint density at radius 1 is 0.304 bits per heavy atom. The van der Waals surface area contributed by atoms with Crippen molar-refractivity contribution in [3.63, 3.8) is 0 Å². The van der Waals surface area contributed by atoms with Crippen LogP contribution in [0.15, 0.2) is 134 Å². The summed E-state index contributed by atoms with van der Waals surface area (Å²) in [6, 6.07) is 0. The maximum atomic E-state index is 12.8. The lowest BCUT2D eigenvalue weighted by Gasteiger charge is -2.18. The molecule has 0 rings (SSSR count). The van der Waals surface area contributed by atoms with E-state index in [-0.39, 0.29) is 31.1 Å². The minimum atomic E-state index is -0.816. The molecule has 0 spiro atoms. The number of carbonyl (C=O) groups excluding carboxylic acids is 3. The van der Waals surface area contributed by atoms with Gasteiger partial charge in [-0.25, -0.2) is 0 Å². The van der Waals surface area contributed by atoms with E-state index in [2.05, 4.69) is 154 Å². The fourth-order valence-corrected chi connectivity index (χ4v) is 7.02. The third-order valence-electron chi connectivity index (χ3n) is 11.1. The molecule has 0 N–H and O–H groups in total. The third kappa shape index (κ3) is 54.4. The zero-order valence-corrected chi connectivity index (χ0v) is 44.3. The van der Waals surface area contributed by atoms with Gasteiger partial charge in [0.15, 0.2) is 6.10 Å². The highest BCUT2D eigenvalue weighted by atomic mass is 16.6. The van der Waals surface area contributed by atoms with Gasteiger partial charge in [0.1, 0.15) is 13.2 Å². The second kappa shape index (κ2) is 56.1. The van der Waals surface area contributed by atoms with E-state index in [4.69, 9.17) is 14.2 Å². The van der Waals surface area contributed by atoms with Crippen molar-refractivity contribution < 1.29 is 28.6 Å². The number of allylic oxidation sites excluding steroid dienone is 22. The topological polar surface area (TPSA) is 78.9 Å². The molecule has 0 aromatic heterocycles. The Morgan fingerprint density at radius 3 is 0.899 bits per heavy atom. The molecule has 0 aliphatic rings. The van der Waals surface area contributed by atoms with Crippen LogP contribution in [0, 0.1) is 0 Å². The first kappa shape index (κ1) is 64.5. The lowest BCUT2D eigenvalue weighted by atomic mass is 10.1. The summed E-state index contributed by atoms with van der Waals surface area (Å²) in [4.78, 5) is 38.1. The van der Waals surface area contributed by atoms with Gasteiger partial charge in [-0.3, -0.25) is 14.4 Å². The van der Waals surface area contributed by atoms with Crippen molar-refractivity contribution in [2.24, 2.45) is 0 Å². The molecule has 1 unspecified atom stereocenters. The molecular formula is C63H100O6. The van der Waals surface area contributed by atoms with E-state index in [1.807, 2.05) is 0 Å². The van der Waals surface area contributed by atoms with Crippen LogP contribution in [0.5, 0.6) is 0 Å². The van der Waals surface area contributed by atoms with Crippen molar-refractivity contribution in [3.05, 3.63) is 134 Å². The van der Waals surface area contributed by atoms with Gasteiger partial charge in [0.25, 0.3) is 0 Å². The summed E-state index contributed by atoms with van der Waals surface area (Å²) in [7, 11) is 0. The van der Waals surface area contributed by atoms with Gasteiger partial charge in [0.05, 0.1) is 0 Å². The SMILES string of the molecule is CC/C=C\C/C=C\C/C=C\C/C=C\C/C=C\CCCCCC(=O)OCC(COC(=O)CCCCC/C=C\C/C=C\C/C=C\CC)OC(=O)CCCCCCCC/C=C\C/C=C\C/C=C\CCCCC. The van der Waals surface area contributed by atoms with E-state index in [9.17, 15) is 14.4 Å². The zero-order valence-electron chi connectivity index (χ0n) is 44.3. The van der Waals surface area contributed by atoms with Gasteiger partial charge >= 0.3 is 17.9 Å². The quantitative estimate of drug-likeness (QED) is 0.0262. The molecule has 6 nitrogen and oxygen atoms in total. The predicted molar refractivity (Wildman–Crippen MR) is 297 cm³/mol. The summed E-state index contributed by atoms with van der Waals surface area (Å²) in [6.45, 7) is 6.30. The van der Waals surface area contributed by atoms with Gasteiger partial charge in [0, 0.05) is 19.3 Å². The van der Waals surface area contributed by atoms with Crippen molar-refractivity contribution in [1.82, 2.24) is 0 Å². The number of ether oxygens (including phenoxy) is 3. The molecular weight excluding hydrogens is 853 g/mol. The largest absolute Gasteiger partial charge is 0.462 e. The Kier molecular flexibility index (Phi) is 52.5. The summed E-state index contributed by atoms with van der Waals surface area (Å²) in [5, 5.41) is 0. The molecule has 0 saturated carbocycles. The molecule has 0 radical (unpaired) electrons. The first-order valence-electron chi connectivity index (χ1n) is 27.7. The van der Waals surface area contributed by atoms with Crippen LogP contribution < -0.4 is 0 Å². The zero-order chi connectivity index (χ0) is 50.0. The van der Waals surface area contributed by atoms with E-state index in [0.717, 1.165) is 148 Å². The molecule has 69 heavy (non-hydrogen) atoms. The number of carbonyl (C=O) groups is 3. The van der Waals surface area contributed by atoms with Gasteiger partial charge in [-0.1, -0.05) is 206 Å². The van der Waals surface area contributed by atoms with Crippen LogP contribution in [-0.4, -0.2) is 37.2 Å². The van der Waals surface area contributed by atoms with Gasteiger partial charge in [-0.15, -0.1) is 0 Å². The monoisotopic (exact) mass is 953 g/mol. The van der Waals surface area contributed by atoms with Gasteiger partial charge in [0.2, 0.25) is 0 Å². The van der Waals surface area contributed by atoms with Gasteiger partial charge in [-0.2, -0.15) is 0 Å². The highest BCUT2D eigenvalue weighted by Gasteiger charge is 2.19. The maximum Gasteiger partial charge on any atom is 0.306 e. The molecule has 1 atom stereocenters. The lowest BCUT2D eigenvalue weighted by Crippen LogP contribution is -2.30. The Morgan fingerprint density at radius 2 is 0.565 bits per heavy atom. The molecule has 0 saturated heterocycles. The highest BCUT2D eigenvalue weighted by Crippen LogP contribution is 2.13. The molecule has 0 aliphatic carbocycles. The van der Waals surface area contributed by atoms with Crippen LogP contribution >= 0.6 is 0 Å². The smallest absolute Gasteiger partial charge is 0.306 e. The van der Waals surface area contributed by atoms with Crippen molar-refractivity contribution in [2.45, 2.75) is 232 Å². The van der Waals surface area contributed by atoms with Crippen LogP contribution in [0.2, 0.25) is 0 Å². The molecule has 0 amide bonds. The molecule has 0 aromatic rings. The van der Waals surface area contributed by atoms with Crippen LogP contribution in [0.4, 0.5) is 0 Å². The van der Waals surface area contributed by atoms with Gasteiger partial charge in [-0.05, 0) is 135 Å². The number of hydrogen-bond donors (Lipinski definition) is 0. The number of esters is 3. The van der Waals surface area contributed by atoms with Crippen LogP contribution in [0.25, 0.3) is 0 Å². The third-order valence-corrected chi connectivity index (χ3v) is 11.1. The Hall–Kier alpha value is -4.45. The first-order valence-corrected chi connectivity index (χ1v) is 27.7. The fourth-order valence-electron chi connectivity index (χ4n) is 7.02. The minimum absolute atomic E-state index is 0.114. The average molecular weight is 953 g/mol. The summed E-state index contributed by atoms with van der Waals surface area (Å²) in [5.41, 5.74) is 0. The summed E-state index contributed by atoms with van der Waals surface area (Å²) < 4.78 is 16.8. The Balaban J connectivity index is 4.52. The molecule has 388 valence electrons. The lowest BCUT2D eigenvalue weighted by molar-refractivity contribution is -0.167. The number of hydrogen-bond acceptors (Lipinski definition) is 6. The van der Waals surface area contributed by atoms with Crippen molar-refractivity contribution >= 4 is 17.9 Å². The first-order chi connectivity index (χ1) is 34.0. The molecule has 6 heteroatoms. The summed E-state index contributed by atoms with van der Waals surface area (Å²) in [6.07, 6.45) is 78.6. The summed E-state index contributed by atoms with van der Waals surface area (Å²) in [5.74, 6) is -0.993. The number of unbranched alkanes of at least 4 members (excludes halogenated alkanes) is 15. The number of rotatable bonds is 48. The highest BCUT2D eigenvalue weighted by molar-refractivity contribution is 5.71. The molecule has 0 aromatic carbocycles. The van der Waals surface area contributed by atoms with E-state index >= 15 is 0 Å². The molecule has 0 heterocycles. The van der Waals surface area contributed by atoms with Crippen LogP contribution in [0.3, 0.4) is 0 Å². The maximum absolute atomic E-state index is 12.8. The van der Waals surface area contributed by atoms with Crippen molar-refractivity contribution in [1.29, 1.82) is 0 Å². The van der Waals surface area contributed by atoms with Crippen molar-refractivity contribution in [3.8, 4) is 0 Å². The second-order valence-corrected chi connectivity index (χ2v) is 17.7. The van der Waals surface area contributed by atoms with E-state index in [0.29, 0.717) is 19.3 Å². The molecule has 0 fully saturated rings. The van der Waals surface area contributed by atoms with Gasteiger partial charge < -0.3 is 14.2 Å². The Bertz CT molecular complexity index is 1510. The minimum Gasteiger partial charge on any atom is -0.462 e. The second-order valence-electron chi connectivity index (χ2n) is 17.7. The predicted octanol–water partition coefficient (Wildman–Crippen LogP) is 18.6. The van der Waals surface area contributed by atoms with E-state index < -0.39 is 6.10 Å². The summed E-state index contributed by atoms with van der Waals surface area (Å²) >= 11 is 0. The van der Waals surface area contributed by atoms with Crippen molar-refractivity contribution in [2.75, 3.05) is 13.2 Å². The fraction of sp³-hybridized carbons (Fsp3) is 0.603. The standard InChI is InChI=1S/C63H100O6/c1-4-7-10-13-16-19-22-25-27-29-31-33-35-38-41-44-47-50-53-56-62(65)68-59-60(58-67-61(64)55-52-49-46-43-40-37-24-21-18-15-12-9-6-3)69-63(66)57-54-51-48-45-42-39-36-34-32-30-28-26-23-20-17-14-11-8-5-2/h7,9-10,12,16-21,25-28,31-34,37-38,40-41,60H,4-6,8,11,13-15,22-24,29-30,35-36,39,42-59H2,1-3H3/b10-7-,12-9-,19-16-,20-17-,21-18-,27-25-,28-26-,33-31-,34-32-,40-37-,41-38-. The molecule has 0 bridgehead atoms. The van der Waals surface area contributed by atoms with Crippen LogP contribution in [0.1, 0.15) is 226 Å².